The number of anilines is 4. The summed E-state index contributed by atoms with van der Waals surface area (Å²) in [5.41, 5.74) is 10.1. The Morgan fingerprint density at radius 1 is 0.625 bits per heavy atom. The van der Waals surface area contributed by atoms with Gasteiger partial charge in [0.05, 0.1) is 36.9 Å². The van der Waals surface area contributed by atoms with Gasteiger partial charge in [-0.1, -0.05) is 60.1 Å². The molecule has 2 aliphatic heterocycles. The number of Topliss-reactive ketones (excluding diaryl/α,β-unsaturated/α-hetero) is 2. The summed E-state index contributed by atoms with van der Waals surface area (Å²) in [5, 5.41) is 11.1. The van der Waals surface area contributed by atoms with E-state index in [1.807, 2.05) is 43.4 Å². The molecule has 2 amide bonds. The van der Waals surface area contributed by atoms with Crippen LogP contribution in [0.25, 0.3) is 0 Å². The number of amides is 2. The van der Waals surface area contributed by atoms with Gasteiger partial charge in [-0.3, -0.25) is 9.59 Å². The molecule has 88 heavy (non-hydrogen) atoms. The molecule has 0 saturated carbocycles. The zero-order valence-corrected chi connectivity index (χ0v) is 52.5. The van der Waals surface area contributed by atoms with Crippen molar-refractivity contribution < 1.29 is 79.0 Å². The summed E-state index contributed by atoms with van der Waals surface area (Å²) in [4.78, 5) is 68.6. The van der Waals surface area contributed by atoms with E-state index in [9.17, 15) is 45.5 Å². The number of benzene rings is 4. The molecule has 2 fully saturated rings. The Hall–Kier alpha value is -7.00. The number of nitrogens with one attached hydrogen (secondary N) is 4. The first-order valence-corrected chi connectivity index (χ1v) is 29.1. The molecule has 0 spiro atoms. The number of hydrogen-bond acceptors (Lipinski definition) is 15. The third-order valence-electron chi connectivity index (χ3n) is 16.2. The molecule has 0 radical (unpaired) electrons. The van der Waals surface area contributed by atoms with Gasteiger partial charge in [0.1, 0.15) is 33.8 Å². The Labute approximate surface area is 529 Å². The molecule has 0 bridgehead atoms. The van der Waals surface area contributed by atoms with Crippen LogP contribution >= 0.6 is 11.6 Å². The van der Waals surface area contributed by atoms with Gasteiger partial charge in [-0.25, -0.2) is 19.9 Å². The number of hydrogen-bond donors (Lipinski definition) is 5. The number of carbonyl (C=O) groups excluding carboxylic acids is 4. The number of aromatic nitrogens is 4. The number of likely N-dealkylation sites (tertiary alicyclic amines) is 2. The maximum absolute atomic E-state index is 14.1. The number of carbonyl (C=O) groups is 4. The number of methoxy groups -OCH3 is 2. The summed E-state index contributed by atoms with van der Waals surface area (Å²) in [6, 6.07) is 25.8. The summed E-state index contributed by atoms with van der Waals surface area (Å²) in [6.45, 7) is 6.81. The van der Waals surface area contributed by atoms with Gasteiger partial charge in [0.2, 0.25) is 11.9 Å². The largest absolute Gasteiger partial charge is 1.00 e. The molecule has 10 rings (SSSR count). The standard InChI is InChI=1S/C32H36F3N5O3.C19H21ClF3N5O2.C12H15NO.HI/c1-19(41)14-25-22(15-20-6-4-5-7-24(20)25)16-28-26(32(33,34)35)18-36-31(39-28)38-27-9-8-21(17-29(27)43-3)30(42)37-23-10-12-40(2)13-11-23;1-28-7-5-12(6-8-28)25-17(29)11-3-4-14(15(9-11)30-2)26-18-24-10-13(16(20)27-18)19(21,22)23;1-8(14)6-11-10-5-3-2-4-9(10)7-12(11)13;/h4-9,17-18,22-23,25H,10-16H2,1-3H3,(H,37,42)(H,36,38,39);3-4,9-10,12H,5-8H2,1-2H3,(H,25,29)(H,24,26,27);2-5,11-12H,6-7,13H2,1H3;1H/p-1/t22-,25-;;11-,12-;/m0.1./s1. The maximum atomic E-state index is 14.1. The molecule has 4 aliphatic rings. The lowest BCUT2D eigenvalue weighted by atomic mass is 9.84. The topological polar surface area (TPSA) is 219 Å². The number of piperidine rings is 2. The van der Waals surface area contributed by atoms with Gasteiger partial charge in [0.15, 0.2) is 0 Å². The number of ether oxygens (including phenoxy) is 2. The van der Waals surface area contributed by atoms with Crippen LogP contribution in [0.3, 0.4) is 0 Å². The Kier molecular flexibility index (Phi) is 23.7. The van der Waals surface area contributed by atoms with E-state index in [0.717, 1.165) is 75.6 Å². The highest BCUT2D eigenvalue weighted by Crippen LogP contribution is 2.44. The van der Waals surface area contributed by atoms with Gasteiger partial charge < -0.3 is 79.8 Å². The molecular formula is C63H72ClF6IN11O6-. The Morgan fingerprint density at radius 3 is 1.51 bits per heavy atom. The van der Waals surface area contributed by atoms with Crippen molar-refractivity contribution in [2.75, 3.05) is 65.1 Å². The summed E-state index contributed by atoms with van der Waals surface area (Å²) in [5.74, 6) is 0.0943. The second-order valence-electron chi connectivity index (χ2n) is 22.6. The summed E-state index contributed by atoms with van der Waals surface area (Å²) < 4.78 is 91.4. The predicted octanol–water partition coefficient (Wildman–Crippen LogP) is 7.91. The Bertz CT molecular complexity index is 3420. The van der Waals surface area contributed by atoms with Crippen molar-refractivity contribution in [2.24, 2.45) is 11.7 Å². The van der Waals surface area contributed by atoms with Gasteiger partial charge in [-0.05, 0) is 170 Å². The molecule has 25 heteroatoms. The van der Waals surface area contributed by atoms with Crippen molar-refractivity contribution in [3.05, 3.63) is 153 Å². The predicted molar refractivity (Wildman–Crippen MR) is 319 cm³/mol. The van der Waals surface area contributed by atoms with E-state index < -0.39 is 28.6 Å². The van der Waals surface area contributed by atoms with Crippen molar-refractivity contribution in [1.29, 1.82) is 0 Å². The van der Waals surface area contributed by atoms with Crippen molar-refractivity contribution in [3.8, 4) is 11.5 Å². The average Bonchev–Trinajstić information content (AvgIpc) is 2.00. The third kappa shape index (κ3) is 18.1. The van der Waals surface area contributed by atoms with Crippen molar-refractivity contribution in [3.63, 3.8) is 0 Å². The molecular weight excluding hydrogens is 1280 g/mol. The monoisotopic (exact) mass is 1350 g/mol. The molecule has 2 saturated heterocycles. The average molecular weight is 1360 g/mol. The van der Waals surface area contributed by atoms with Crippen LogP contribution in [-0.4, -0.2) is 126 Å². The quantitative estimate of drug-likeness (QED) is 0.0353. The lowest BCUT2D eigenvalue weighted by Gasteiger charge is -2.29. The van der Waals surface area contributed by atoms with E-state index >= 15 is 0 Å². The van der Waals surface area contributed by atoms with Crippen LogP contribution < -0.4 is 60.5 Å². The number of nitrogens with two attached hydrogens (primary N) is 1. The Morgan fingerprint density at radius 2 is 1.06 bits per heavy atom. The molecule has 472 valence electrons. The fourth-order valence-electron chi connectivity index (χ4n) is 11.5. The molecule has 0 unspecified atom stereocenters. The van der Waals surface area contributed by atoms with Crippen LogP contribution in [0.2, 0.25) is 5.15 Å². The van der Waals surface area contributed by atoms with Crippen molar-refractivity contribution >= 4 is 58.3 Å². The van der Waals surface area contributed by atoms with Crippen LogP contribution in [0.1, 0.15) is 124 Å². The minimum atomic E-state index is -4.64. The van der Waals surface area contributed by atoms with Gasteiger partial charge in [-0.15, -0.1) is 0 Å². The van der Waals surface area contributed by atoms with Crippen LogP contribution in [0.15, 0.2) is 97.3 Å². The molecule has 4 atom stereocenters. The summed E-state index contributed by atoms with van der Waals surface area (Å²) >= 11 is 5.62. The SMILES string of the molecule is CC(=O)C[C@@H]1c2ccccc2C[C@H]1N.COc1cc(C(=O)NC2CCN(C)CC2)ccc1Nc1ncc(C(F)(F)F)c(C[C@@H]2Cc3ccccc3[C@H]2CC(C)=O)n1.COc1cc(C(=O)NC2CCN(C)CC2)ccc1Nc1ncc(C(F)(F)F)c(Cl)n1.[I-]. The van der Waals surface area contributed by atoms with E-state index in [4.69, 9.17) is 26.8 Å². The number of ketones is 2. The van der Waals surface area contributed by atoms with E-state index in [1.165, 1.54) is 38.3 Å². The molecule has 4 aromatic carbocycles. The highest BCUT2D eigenvalue weighted by atomic mass is 127. The molecule has 17 nitrogen and oxygen atoms in total. The lowest BCUT2D eigenvalue weighted by Crippen LogP contribution is -3.00. The van der Waals surface area contributed by atoms with E-state index in [-0.39, 0.29) is 114 Å². The van der Waals surface area contributed by atoms with Crippen LogP contribution in [-0.2, 0) is 41.2 Å². The van der Waals surface area contributed by atoms with Crippen LogP contribution in [0.5, 0.6) is 11.5 Å². The van der Waals surface area contributed by atoms with Gasteiger partial charge in [0.25, 0.3) is 11.8 Å². The smallest absolute Gasteiger partial charge is 0.420 e. The van der Waals surface area contributed by atoms with Crippen LogP contribution in [0.4, 0.5) is 49.6 Å². The van der Waals surface area contributed by atoms with Gasteiger partial charge in [0, 0.05) is 60.4 Å². The number of nitrogens with zero attached hydrogens (tertiary/aromatic N) is 6. The maximum Gasteiger partial charge on any atom is 0.420 e. The zero-order chi connectivity index (χ0) is 62.7. The molecule has 2 aromatic heterocycles. The number of alkyl halides is 6. The van der Waals surface area contributed by atoms with E-state index in [1.54, 1.807) is 37.3 Å². The third-order valence-corrected chi connectivity index (χ3v) is 16.4. The first-order chi connectivity index (χ1) is 41.4. The van der Waals surface area contributed by atoms with Crippen LogP contribution in [0, 0.1) is 5.92 Å². The first-order valence-electron chi connectivity index (χ1n) is 28.7. The number of rotatable bonds is 16. The molecule has 4 heterocycles. The molecule has 2 aliphatic carbocycles. The highest BCUT2D eigenvalue weighted by molar-refractivity contribution is 6.30. The molecule has 6 N–H and O–H groups in total. The number of halogens is 8. The minimum Gasteiger partial charge on any atom is -1.00 e. The second kappa shape index (κ2) is 30.5. The Balaban J connectivity index is 0.000000211. The second-order valence-corrected chi connectivity index (χ2v) is 22.9. The van der Waals surface area contributed by atoms with Gasteiger partial charge in [-0.2, -0.15) is 26.3 Å². The summed E-state index contributed by atoms with van der Waals surface area (Å²) in [7, 11) is 6.96. The normalized spacial score (nSPS) is 18.6. The highest BCUT2D eigenvalue weighted by Gasteiger charge is 2.40. The van der Waals surface area contributed by atoms with Gasteiger partial charge >= 0.3 is 12.4 Å². The van der Waals surface area contributed by atoms with Crippen molar-refractivity contribution in [2.45, 2.75) is 114 Å². The fraction of sp³-hybridized carbons (Fsp3) is 0.429. The molecule has 6 aromatic rings. The summed E-state index contributed by atoms with van der Waals surface area (Å²) in [6.07, 6.45) is -2.04. The van der Waals surface area contributed by atoms with E-state index in [2.05, 4.69) is 70.2 Å². The lowest BCUT2D eigenvalue weighted by molar-refractivity contribution is -0.139. The van der Waals surface area contributed by atoms with Crippen molar-refractivity contribution in [1.82, 2.24) is 40.4 Å². The minimum absolute atomic E-state index is 0. The number of fused-ring (bicyclic) bond motifs is 2. The zero-order valence-electron chi connectivity index (χ0n) is 49.6. The fourth-order valence-corrected chi connectivity index (χ4v) is 11.8. The van der Waals surface area contributed by atoms with E-state index in [0.29, 0.717) is 53.0 Å². The first kappa shape index (κ1) is 68.5.